The molecule has 0 atom stereocenters. The molecule has 3 heterocycles. The van der Waals surface area contributed by atoms with Gasteiger partial charge in [0.1, 0.15) is 5.03 Å². The lowest BCUT2D eigenvalue weighted by atomic mass is 10.1. The summed E-state index contributed by atoms with van der Waals surface area (Å²) in [7, 11) is 0. The summed E-state index contributed by atoms with van der Waals surface area (Å²) >= 11 is 0.892. The molecule has 0 aliphatic rings. The first-order valence-electron chi connectivity index (χ1n) is 7.41. The molecule has 26 heavy (non-hydrogen) atoms. The summed E-state index contributed by atoms with van der Waals surface area (Å²) < 4.78 is 0. The van der Waals surface area contributed by atoms with E-state index < -0.39 is 11.9 Å². The molecular formula is C18H15N3O4S. The van der Waals surface area contributed by atoms with Crippen LogP contribution in [0.2, 0.25) is 0 Å². The van der Waals surface area contributed by atoms with Gasteiger partial charge in [-0.15, -0.1) is 0 Å². The number of nitrogens with zero attached hydrogens (tertiary/aromatic N) is 3. The van der Waals surface area contributed by atoms with Gasteiger partial charge in [0.15, 0.2) is 0 Å². The Morgan fingerprint density at radius 3 is 1.85 bits per heavy atom. The fraction of sp³-hybridized carbons (Fsp3) is 0.0556. The first-order chi connectivity index (χ1) is 12.6. The number of thioether (sulfide) groups is 1. The van der Waals surface area contributed by atoms with Crippen molar-refractivity contribution in [2.24, 2.45) is 0 Å². The minimum Gasteiger partial charge on any atom is -0.481 e. The van der Waals surface area contributed by atoms with Gasteiger partial charge < -0.3 is 10.2 Å². The molecule has 0 spiro atoms. The number of aromatic carboxylic acids is 1. The Morgan fingerprint density at radius 1 is 0.846 bits per heavy atom. The number of carbonyl (C=O) groups is 2. The monoisotopic (exact) mass is 369 g/mol. The van der Waals surface area contributed by atoms with Gasteiger partial charge in [0, 0.05) is 31.0 Å². The van der Waals surface area contributed by atoms with Crippen molar-refractivity contribution in [1.82, 2.24) is 15.0 Å². The van der Waals surface area contributed by atoms with Crippen LogP contribution in [0, 0.1) is 0 Å². The van der Waals surface area contributed by atoms with E-state index in [4.69, 9.17) is 10.2 Å². The molecule has 8 heteroatoms. The summed E-state index contributed by atoms with van der Waals surface area (Å²) in [6.07, 6.45) is 8.58. The van der Waals surface area contributed by atoms with Crippen LogP contribution in [0.4, 0.5) is 0 Å². The van der Waals surface area contributed by atoms with Crippen molar-refractivity contribution in [3.8, 4) is 11.1 Å². The van der Waals surface area contributed by atoms with Crippen LogP contribution in [-0.2, 0) is 4.79 Å². The van der Waals surface area contributed by atoms with Crippen LogP contribution in [-0.4, -0.2) is 42.9 Å². The average molecular weight is 369 g/mol. The molecular weight excluding hydrogens is 354 g/mol. The van der Waals surface area contributed by atoms with E-state index in [0.717, 1.165) is 11.8 Å². The van der Waals surface area contributed by atoms with E-state index in [1.807, 2.05) is 24.3 Å². The highest BCUT2D eigenvalue weighted by Gasteiger charge is 2.11. The number of hydrogen-bond acceptors (Lipinski definition) is 6. The van der Waals surface area contributed by atoms with Gasteiger partial charge in [-0.05, 0) is 47.5 Å². The Morgan fingerprint density at radius 2 is 1.38 bits per heavy atom. The second-order valence-electron chi connectivity index (χ2n) is 4.82. The Labute approximate surface area is 153 Å². The highest BCUT2D eigenvalue weighted by Crippen LogP contribution is 2.19. The van der Waals surface area contributed by atoms with E-state index in [9.17, 15) is 9.59 Å². The lowest BCUT2D eigenvalue weighted by Crippen LogP contribution is -2.03. The molecule has 0 fully saturated rings. The van der Waals surface area contributed by atoms with Gasteiger partial charge in [-0.25, -0.2) is 9.78 Å². The van der Waals surface area contributed by atoms with Gasteiger partial charge in [-0.3, -0.25) is 14.8 Å². The molecule has 0 aliphatic carbocycles. The van der Waals surface area contributed by atoms with E-state index in [0.29, 0.717) is 0 Å². The average Bonchev–Trinajstić information content (AvgIpc) is 2.68. The minimum absolute atomic E-state index is 0.0266. The maximum atomic E-state index is 10.7. The molecule has 2 N–H and O–H groups in total. The van der Waals surface area contributed by atoms with Crippen molar-refractivity contribution in [2.75, 3.05) is 5.75 Å². The molecule has 3 rings (SSSR count). The SMILES string of the molecule is O=C(O)CSc1ncccc1C(=O)O.c1cc(-c2ccncc2)ccn1. The molecule has 0 unspecified atom stereocenters. The van der Waals surface area contributed by atoms with Gasteiger partial charge in [-0.1, -0.05) is 11.8 Å². The summed E-state index contributed by atoms with van der Waals surface area (Å²) in [5, 5.41) is 17.4. The molecule has 0 radical (unpaired) electrons. The van der Waals surface area contributed by atoms with Gasteiger partial charge in [0.2, 0.25) is 0 Å². The zero-order valence-corrected chi connectivity index (χ0v) is 14.3. The second kappa shape index (κ2) is 9.90. The minimum atomic E-state index is -1.11. The summed E-state index contributed by atoms with van der Waals surface area (Å²) in [4.78, 5) is 32.6. The number of hydrogen-bond donors (Lipinski definition) is 2. The quantitative estimate of drug-likeness (QED) is 0.660. The normalized spacial score (nSPS) is 9.69. The molecule has 3 aromatic rings. The highest BCUT2D eigenvalue weighted by molar-refractivity contribution is 7.99. The number of pyridine rings is 3. The van der Waals surface area contributed by atoms with E-state index in [-0.39, 0.29) is 16.3 Å². The van der Waals surface area contributed by atoms with Gasteiger partial charge in [0.05, 0.1) is 11.3 Å². The third kappa shape index (κ3) is 5.99. The maximum absolute atomic E-state index is 10.7. The predicted octanol–water partition coefficient (Wildman–Crippen LogP) is 3.10. The maximum Gasteiger partial charge on any atom is 0.338 e. The molecule has 0 amide bonds. The van der Waals surface area contributed by atoms with Crippen LogP contribution in [0.5, 0.6) is 0 Å². The van der Waals surface area contributed by atoms with Crippen molar-refractivity contribution < 1.29 is 19.8 Å². The van der Waals surface area contributed by atoms with Crippen molar-refractivity contribution in [1.29, 1.82) is 0 Å². The van der Waals surface area contributed by atoms with Crippen molar-refractivity contribution in [3.05, 3.63) is 72.9 Å². The van der Waals surface area contributed by atoms with E-state index in [2.05, 4.69) is 15.0 Å². The fourth-order valence-corrected chi connectivity index (χ4v) is 2.59. The van der Waals surface area contributed by atoms with Crippen molar-refractivity contribution >= 4 is 23.7 Å². The summed E-state index contributed by atoms with van der Waals surface area (Å²) in [5.41, 5.74) is 2.37. The first-order valence-corrected chi connectivity index (χ1v) is 8.40. The van der Waals surface area contributed by atoms with E-state index in [1.54, 1.807) is 24.8 Å². The zero-order chi connectivity index (χ0) is 18.8. The largest absolute Gasteiger partial charge is 0.481 e. The van der Waals surface area contributed by atoms with Crippen molar-refractivity contribution in [3.63, 3.8) is 0 Å². The van der Waals surface area contributed by atoms with Crippen LogP contribution in [0.25, 0.3) is 11.1 Å². The molecule has 7 nitrogen and oxygen atoms in total. The Hall–Kier alpha value is -3.26. The summed E-state index contributed by atoms with van der Waals surface area (Å²) in [6, 6.07) is 10.8. The molecule has 0 saturated carbocycles. The van der Waals surface area contributed by atoms with Crippen LogP contribution in [0.3, 0.4) is 0 Å². The number of aliphatic carboxylic acids is 1. The van der Waals surface area contributed by atoms with E-state index in [1.165, 1.54) is 29.5 Å². The molecule has 0 bridgehead atoms. The Balaban J connectivity index is 0.000000189. The highest BCUT2D eigenvalue weighted by atomic mass is 32.2. The number of rotatable bonds is 5. The number of carboxylic acids is 2. The number of aromatic nitrogens is 3. The van der Waals surface area contributed by atoms with Crippen LogP contribution >= 0.6 is 11.8 Å². The number of carboxylic acid groups (broad SMARTS) is 2. The Bertz CT molecular complexity index is 823. The van der Waals surface area contributed by atoms with E-state index >= 15 is 0 Å². The third-order valence-corrected chi connectivity index (χ3v) is 4.02. The topological polar surface area (TPSA) is 113 Å². The zero-order valence-electron chi connectivity index (χ0n) is 13.5. The predicted molar refractivity (Wildman–Crippen MR) is 97.0 cm³/mol. The smallest absolute Gasteiger partial charge is 0.338 e. The van der Waals surface area contributed by atoms with Gasteiger partial charge in [-0.2, -0.15) is 0 Å². The first kappa shape index (κ1) is 19.1. The summed E-state index contributed by atoms with van der Waals surface area (Å²) in [5.74, 6) is -2.31. The Kier molecular flexibility index (Phi) is 7.26. The molecule has 3 aromatic heterocycles. The second-order valence-corrected chi connectivity index (χ2v) is 5.78. The summed E-state index contributed by atoms with van der Waals surface area (Å²) in [6.45, 7) is 0. The van der Waals surface area contributed by atoms with Crippen molar-refractivity contribution in [2.45, 2.75) is 5.03 Å². The standard InChI is InChI=1S/C10H8N2.C8H7NO4S/c1-5-11-6-2-9(1)10-3-7-12-8-4-10;10-6(11)4-14-7-5(8(12)13)2-1-3-9-7/h1-8H;1-3H,4H2,(H,10,11)(H,12,13). The molecule has 0 saturated heterocycles. The lowest BCUT2D eigenvalue weighted by molar-refractivity contribution is -0.133. The van der Waals surface area contributed by atoms with Crippen LogP contribution < -0.4 is 0 Å². The third-order valence-electron chi connectivity index (χ3n) is 3.03. The van der Waals surface area contributed by atoms with Gasteiger partial charge in [0.25, 0.3) is 0 Å². The molecule has 132 valence electrons. The van der Waals surface area contributed by atoms with Gasteiger partial charge >= 0.3 is 11.9 Å². The van der Waals surface area contributed by atoms with Crippen LogP contribution in [0.15, 0.2) is 72.4 Å². The molecule has 0 aromatic carbocycles. The molecule has 0 aliphatic heterocycles. The fourth-order valence-electron chi connectivity index (χ4n) is 1.89. The van der Waals surface area contributed by atoms with Crippen LogP contribution in [0.1, 0.15) is 10.4 Å². The lowest BCUT2D eigenvalue weighted by Gasteiger charge is -2.01.